The molecule has 0 radical (unpaired) electrons. The topological polar surface area (TPSA) is 54.1 Å². The van der Waals surface area contributed by atoms with Crippen LogP contribution in [0.1, 0.15) is 11.6 Å². The maximum absolute atomic E-state index is 5.99. The predicted molar refractivity (Wildman–Crippen MR) is 77.5 cm³/mol. The van der Waals surface area contributed by atoms with Crippen molar-refractivity contribution in [3.63, 3.8) is 0 Å². The first kappa shape index (κ1) is 13.7. The normalized spacial score (nSPS) is 18.8. The van der Waals surface area contributed by atoms with Crippen LogP contribution in [0.3, 0.4) is 0 Å². The molecule has 19 heavy (non-hydrogen) atoms. The highest BCUT2D eigenvalue weighted by Crippen LogP contribution is 2.27. The molecule has 0 saturated carbocycles. The molecule has 0 aromatic heterocycles. The summed E-state index contributed by atoms with van der Waals surface area (Å²) >= 11 is 0. The molecule has 104 valence electrons. The smallest absolute Gasteiger partial charge is 0.191 e. The van der Waals surface area contributed by atoms with Crippen LogP contribution in [0.4, 0.5) is 0 Å². The average Bonchev–Trinajstić information content (AvgIpc) is 2.77. The summed E-state index contributed by atoms with van der Waals surface area (Å²) in [6.45, 7) is 2.55. The molecule has 1 aromatic carbocycles. The Morgan fingerprint density at radius 2 is 2.26 bits per heavy atom. The Labute approximate surface area is 114 Å². The van der Waals surface area contributed by atoms with E-state index >= 15 is 0 Å². The van der Waals surface area contributed by atoms with Crippen LogP contribution in [0.25, 0.3) is 0 Å². The lowest BCUT2D eigenvalue weighted by atomic mass is 10.1. The van der Waals surface area contributed by atoms with Gasteiger partial charge in [0.1, 0.15) is 5.75 Å². The van der Waals surface area contributed by atoms with Gasteiger partial charge in [0, 0.05) is 13.1 Å². The van der Waals surface area contributed by atoms with Crippen LogP contribution < -0.4 is 10.5 Å². The van der Waals surface area contributed by atoms with Crippen LogP contribution >= 0.6 is 0 Å². The second kappa shape index (κ2) is 5.93. The van der Waals surface area contributed by atoms with E-state index in [0.29, 0.717) is 12.5 Å². The minimum Gasteiger partial charge on any atom is -0.497 e. The number of hydrogen-bond donors (Lipinski definition) is 1. The number of benzene rings is 1. The zero-order valence-electron chi connectivity index (χ0n) is 11.8. The van der Waals surface area contributed by atoms with Crippen molar-refractivity contribution >= 4 is 5.96 Å². The van der Waals surface area contributed by atoms with E-state index in [1.807, 2.05) is 12.1 Å². The van der Waals surface area contributed by atoms with Gasteiger partial charge >= 0.3 is 0 Å². The Morgan fingerprint density at radius 3 is 2.95 bits per heavy atom. The van der Waals surface area contributed by atoms with Crippen molar-refractivity contribution in [2.75, 3.05) is 40.8 Å². The molecule has 2 N–H and O–H groups in total. The number of hydrogen-bond acceptors (Lipinski definition) is 5. The summed E-state index contributed by atoms with van der Waals surface area (Å²) in [5.74, 6) is 1.50. The van der Waals surface area contributed by atoms with E-state index in [0.717, 1.165) is 18.8 Å². The number of nitrogens with zero attached hydrogens (tertiary/aromatic N) is 3. The van der Waals surface area contributed by atoms with E-state index in [4.69, 9.17) is 10.5 Å². The average molecular weight is 262 g/mol. The van der Waals surface area contributed by atoms with Crippen LogP contribution in [0.5, 0.6) is 5.75 Å². The summed E-state index contributed by atoms with van der Waals surface area (Å²) in [6.07, 6.45) is 0. The third-order valence-electron chi connectivity index (χ3n) is 3.36. The van der Waals surface area contributed by atoms with Gasteiger partial charge in [-0.3, -0.25) is 4.99 Å². The van der Waals surface area contributed by atoms with Gasteiger partial charge in [-0.25, -0.2) is 0 Å². The molecule has 0 fully saturated rings. The Bertz CT molecular complexity index is 459. The molecule has 1 aromatic rings. The molecule has 2 rings (SSSR count). The van der Waals surface area contributed by atoms with Crippen LogP contribution in [-0.4, -0.2) is 56.6 Å². The number of methoxy groups -OCH3 is 1. The highest BCUT2D eigenvalue weighted by molar-refractivity contribution is 5.80. The van der Waals surface area contributed by atoms with Crippen molar-refractivity contribution in [2.45, 2.75) is 6.04 Å². The van der Waals surface area contributed by atoms with E-state index in [1.165, 1.54) is 5.56 Å². The minimum atomic E-state index is 0.218. The number of guanidine groups is 1. The summed E-state index contributed by atoms with van der Waals surface area (Å²) < 4.78 is 5.28. The first-order valence-electron chi connectivity index (χ1n) is 6.47. The summed E-state index contributed by atoms with van der Waals surface area (Å²) in [7, 11) is 5.80. The van der Waals surface area contributed by atoms with Crippen molar-refractivity contribution in [3.8, 4) is 5.75 Å². The molecule has 1 heterocycles. The molecule has 1 atom stereocenters. The zero-order chi connectivity index (χ0) is 13.8. The number of nitrogens with two attached hydrogens (primary N) is 1. The maximum Gasteiger partial charge on any atom is 0.191 e. The first-order valence-corrected chi connectivity index (χ1v) is 6.47. The van der Waals surface area contributed by atoms with E-state index in [-0.39, 0.29) is 6.04 Å². The molecule has 0 saturated heterocycles. The lowest BCUT2D eigenvalue weighted by Crippen LogP contribution is -2.40. The van der Waals surface area contributed by atoms with Gasteiger partial charge in [-0.05, 0) is 31.8 Å². The first-order chi connectivity index (χ1) is 9.11. The third kappa shape index (κ3) is 3.17. The molecule has 1 aliphatic rings. The number of aliphatic imine (C=N–C) groups is 1. The fourth-order valence-electron chi connectivity index (χ4n) is 2.24. The molecule has 0 spiro atoms. The SMILES string of the molecule is COc1cccc(C2CN=C(N)N2CCN(C)C)c1. The Hall–Kier alpha value is -1.75. The van der Waals surface area contributed by atoms with Crippen molar-refractivity contribution in [1.29, 1.82) is 0 Å². The summed E-state index contributed by atoms with van der Waals surface area (Å²) in [5.41, 5.74) is 7.19. The molecule has 0 aliphatic carbocycles. The molecular formula is C14H22N4O. The van der Waals surface area contributed by atoms with E-state index in [2.05, 4.69) is 41.0 Å². The van der Waals surface area contributed by atoms with Crippen molar-refractivity contribution < 1.29 is 4.74 Å². The van der Waals surface area contributed by atoms with Gasteiger partial charge in [0.2, 0.25) is 0 Å². The Morgan fingerprint density at radius 1 is 1.47 bits per heavy atom. The zero-order valence-corrected chi connectivity index (χ0v) is 11.8. The van der Waals surface area contributed by atoms with Crippen molar-refractivity contribution in [3.05, 3.63) is 29.8 Å². The minimum absolute atomic E-state index is 0.218. The number of likely N-dealkylation sites (N-methyl/N-ethyl adjacent to an activating group) is 1. The van der Waals surface area contributed by atoms with Gasteiger partial charge in [-0.2, -0.15) is 0 Å². The van der Waals surface area contributed by atoms with Gasteiger partial charge in [0.05, 0.1) is 19.7 Å². The quantitative estimate of drug-likeness (QED) is 0.857. The summed E-state index contributed by atoms with van der Waals surface area (Å²) in [4.78, 5) is 8.68. The second-order valence-electron chi connectivity index (χ2n) is 4.99. The lowest BCUT2D eigenvalue weighted by molar-refractivity contribution is 0.292. The van der Waals surface area contributed by atoms with Gasteiger partial charge in [-0.15, -0.1) is 0 Å². The third-order valence-corrected chi connectivity index (χ3v) is 3.36. The Kier molecular flexibility index (Phi) is 4.27. The highest BCUT2D eigenvalue weighted by Gasteiger charge is 2.27. The fourth-order valence-corrected chi connectivity index (χ4v) is 2.24. The van der Waals surface area contributed by atoms with Crippen LogP contribution in [0.15, 0.2) is 29.3 Å². The monoisotopic (exact) mass is 262 g/mol. The molecule has 5 heteroatoms. The maximum atomic E-state index is 5.99. The Balaban J connectivity index is 2.13. The van der Waals surface area contributed by atoms with E-state index in [9.17, 15) is 0 Å². The van der Waals surface area contributed by atoms with Gasteiger partial charge in [-0.1, -0.05) is 12.1 Å². The molecular weight excluding hydrogens is 240 g/mol. The largest absolute Gasteiger partial charge is 0.497 e. The second-order valence-corrected chi connectivity index (χ2v) is 4.99. The lowest BCUT2D eigenvalue weighted by Gasteiger charge is -2.28. The molecule has 0 bridgehead atoms. The summed E-state index contributed by atoms with van der Waals surface area (Å²) in [6, 6.07) is 8.33. The summed E-state index contributed by atoms with van der Waals surface area (Å²) in [5, 5.41) is 0. The number of ether oxygens (including phenoxy) is 1. The standard InChI is InChI=1S/C14H22N4O/c1-17(2)7-8-18-13(10-16-14(18)15)11-5-4-6-12(9-11)19-3/h4-6,9,13H,7-8,10H2,1-3H3,(H2,15,16). The van der Waals surface area contributed by atoms with Crippen molar-refractivity contribution in [2.24, 2.45) is 10.7 Å². The molecule has 5 nitrogen and oxygen atoms in total. The van der Waals surface area contributed by atoms with Crippen LogP contribution in [-0.2, 0) is 0 Å². The predicted octanol–water partition coefficient (Wildman–Crippen LogP) is 0.928. The van der Waals surface area contributed by atoms with Gasteiger partial charge < -0.3 is 20.3 Å². The van der Waals surface area contributed by atoms with Crippen LogP contribution in [0.2, 0.25) is 0 Å². The van der Waals surface area contributed by atoms with E-state index in [1.54, 1.807) is 7.11 Å². The van der Waals surface area contributed by atoms with Crippen molar-refractivity contribution in [1.82, 2.24) is 9.80 Å². The molecule has 0 amide bonds. The van der Waals surface area contributed by atoms with Crippen LogP contribution in [0, 0.1) is 0 Å². The van der Waals surface area contributed by atoms with Gasteiger partial charge in [0.15, 0.2) is 5.96 Å². The van der Waals surface area contributed by atoms with Gasteiger partial charge in [0.25, 0.3) is 0 Å². The highest BCUT2D eigenvalue weighted by atomic mass is 16.5. The van der Waals surface area contributed by atoms with E-state index < -0.39 is 0 Å². The molecule has 1 aliphatic heterocycles. The number of rotatable bonds is 5. The molecule has 1 unspecified atom stereocenters. The fraction of sp³-hybridized carbons (Fsp3) is 0.500.